The summed E-state index contributed by atoms with van der Waals surface area (Å²) in [5.74, 6) is 1.63. The average molecular weight is 343 g/mol. The largest absolute Gasteiger partial charge is 0.459 e. The summed E-state index contributed by atoms with van der Waals surface area (Å²) in [6, 6.07) is 9.15. The van der Waals surface area contributed by atoms with Crippen LogP contribution in [0.2, 0.25) is 0 Å². The molecule has 0 atom stereocenters. The molecule has 0 fully saturated rings. The van der Waals surface area contributed by atoms with Crippen LogP contribution >= 0.6 is 11.8 Å². The fourth-order valence-corrected chi connectivity index (χ4v) is 2.94. The summed E-state index contributed by atoms with van der Waals surface area (Å²) in [5, 5.41) is 12.0. The number of carbonyl (C=O) groups excluding carboxylic acids is 1. The van der Waals surface area contributed by atoms with E-state index >= 15 is 0 Å². The zero-order valence-electron chi connectivity index (χ0n) is 13.2. The Labute approximate surface area is 143 Å². The van der Waals surface area contributed by atoms with Gasteiger partial charge in [0.15, 0.2) is 10.9 Å². The molecule has 3 rings (SSSR count). The number of nitrogens with one attached hydrogen (secondary N) is 1. The van der Waals surface area contributed by atoms with Gasteiger partial charge in [0.2, 0.25) is 0 Å². The number of aromatic nitrogens is 4. The molecule has 124 valence electrons. The molecule has 0 aliphatic rings. The van der Waals surface area contributed by atoms with E-state index in [4.69, 9.17) is 4.42 Å². The average Bonchev–Trinajstić information content (AvgIpc) is 3.25. The predicted octanol–water partition coefficient (Wildman–Crippen LogP) is 2.07. The fourth-order valence-electron chi connectivity index (χ4n) is 2.09. The maximum atomic E-state index is 11.8. The SMILES string of the molecule is Cn1c(CCNC(=O)c2ccco2)nnc1SCc1ccccn1. The first kappa shape index (κ1) is 16.3. The van der Waals surface area contributed by atoms with Gasteiger partial charge in [-0.1, -0.05) is 17.8 Å². The third-order valence-electron chi connectivity index (χ3n) is 3.38. The van der Waals surface area contributed by atoms with Crippen LogP contribution in [0.25, 0.3) is 0 Å². The van der Waals surface area contributed by atoms with Crippen molar-refractivity contribution in [3.05, 3.63) is 60.1 Å². The molecular formula is C16H17N5O2S. The quantitative estimate of drug-likeness (QED) is 0.661. The number of furan rings is 1. The molecule has 8 heteroatoms. The van der Waals surface area contributed by atoms with Gasteiger partial charge in [-0.2, -0.15) is 0 Å². The lowest BCUT2D eigenvalue weighted by atomic mass is 10.3. The molecule has 7 nitrogen and oxygen atoms in total. The molecule has 3 aromatic rings. The molecule has 1 N–H and O–H groups in total. The molecule has 3 aromatic heterocycles. The molecule has 0 bridgehead atoms. The molecule has 1 amide bonds. The van der Waals surface area contributed by atoms with Crippen LogP contribution in [0, 0.1) is 0 Å². The monoisotopic (exact) mass is 343 g/mol. The summed E-state index contributed by atoms with van der Waals surface area (Å²) >= 11 is 1.58. The number of hydrogen-bond donors (Lipinski definition) is 1. The van der Waals surface area contributed by atoms with Crippen molar-refractivity contribution in [1.82, 2.24) is 25.1 Å². The number of thioether (sulfide) groups is 1. The second kappa shape index (κ2) is 7.78. The zero-order valence-corrected chi connectivity index (χ0v) is 14.0. The van der Waals surface area contributed by atoms with Crippen LogP contribution in [-0.4, -0.2) is 32.2 Å². The number of amides is 1. The number of nitrogens with zero attached hydrogens (tertiary/aromatic N) is 4. The molecule has 0 saturated carbocycles. The van der Waals surface area contributed by atoms with Gasteiger partial charge in [0.05, 0.1) is 12.0 Å². The Morgan fingerprint density at radius 3 is 2.96 bits per heavy atom. The van der Waals surface area contributed by atoms with Crippen molar-refractivity contribution >= 4 is 17.7 Å². The van der Waals surface area contributed by atoms with E-state index in [1.807, 2.05) is 29.8 Å². The zero-order chi connectivity index (χ0) is 16.8. The molecule has 0 saturated heterocycles. The summed E-state index contributed by atoms with van der Waals surface area (Å²) in [5.41, 5.74) is 0.998. The third kappa shape index (κ3) is 4.02. The van der Waals surface area contributed by atoms with E-state index in [1.165, 1.54) is 6.26 Å². The van der Waals surface area contributed by atoms with Crippen molar-refractivity contribution in [2.75, 3.05) is 6.54 Å². The highest BCUT2D eigenvalue weighted by Crippen LogP contribution is 2.19. The molecule has 0 spiro atoms. The molecule has 0 aliphatic heterocycles. The standard InChI is InChI=1S/C16H17N5O2S/c1-21-14(7-9-18-15(22)13-6-4-10-23-13)19-20-16(21)24-11-12-5-2-3-8-17-12/h2-6,8,10H,7,9,11H2,1H3,(H,18,22). The number of pyridine rings is 1. The van der Waals surface area contributed by atoms with Gasteiger partial charge < -0.3 is 14.3 Å². The second-order valence-electron chi connectivity index (χ2n) is 5.05. The van der Waals surface area contributed by atoms with Crippen molar-refractivity contribution in [1.29, 1.82) is 0 Å². The van der Waals surface area contributed by atoms with Gasteiger partial charge in [-0.3, -0.25) is 9.78 Å². The van der Waals surface area contributed by atoms with Crippen LogP contribution in [-0.2, 0) is 19.2 Å². The highest BCUT2D eigenvalue weighted by molar-refractivity contribution is 7.98. The summed E-state index contributed by atoms with van der Waals surface area (Å²) < 4.78 is 6.98. The Morgan fingerprint density at radius 1 is 1.29 bits per heavy atom. The van der Waals surface area contributed by atoms with Gasteiger partial charge in [0, 0.05) is 32.0 Å². The highest BCUT2D eigenvalue weighted by atomic mass is 32.2. The minimum absolute atomic E-state index is 0.230. The van der Waals surface area contributed by atoms with Crippen LogP contribution in [0.1, 0.15) is 22.1 Å². The Bertz CT molecular complexity index is 786. The van der Waals surface area contributed by atoms with Gasteiger partial charge >= 0.3 is 0 Å². The fraction of sp³-hybridized carbons (Fsp3) is 0.250. The minimum atomic E-state index is -0.230. The van der Waals surface area contributed by atoms with Crippen molar-refractivity contribution < 1.29 is 9.21 Å². The molecular weight excluding hydrogens is 326 g/mol. The van der Waals surface area contributed by atoms with E-state index in [0.29, 0.717) is 18.7 Å². The van der Waals surface area contributed by atoms with Gasteiger partial charge in [-0.25, -0.2) is 0 Å². The van der Waals surface area contributed by atoms with Crippen LogP contribution in [0.4, 0.5) is 0 Å². The summed E-state index contributed by atoms with van der Waals surface area (Å²) in [6.07, 6.45) is 3.85. The van der Waals surface area contributed by atoms with Crippen LogP contribution < -0.4 is 5.32 Å². The lowest BCUT2D eigenvalue weighted by Crippen LogP contribution is -2.26. The van der Waals surface area contributed by atoms with Gasteiger partial charge in [0.25, 0.3) is 5.91 Å². The van der Waals surface area contributed by atoms with Crippen LogP contribution in [0.15, 0.2) is 52.4 Å². The number of carbonyl (C=O) groups is 1. The molecule has 0 aliphatic carbocycles. The normalized spacial score (nSPS) is 10.7. The molecule has 0 radical (unpaired) electrons. The van der Waals surface area contributed by atoms with Crippen molar-refractivity contribution in [3.8, 4) is 0 Å². The summed E-state index contributed by atoms with van der Waals surface area (Å²) in [7, 11) is 1.92. The number of rotatable bonds is 7. The molecule has 0 aromatic carbocycles. The van der Waals surface area contributed by atoms with Crippen LogP contribution in [0.5, 0.6) is 0 Å². The molecule has 24 heavy (non-hydrogen) atoms. The smallest absolute Gasteiger partial charge is 0.286 e. The van der Waals surface area contributed by atoms with E-state index in [-0.39, 0.29) is 5.91 Å². The third-order valence-corrected chi connectivity index (χ3v) is 4.43. The Morgan fingerprint density at radius 2 is 2.21 bits per heavy atom. The van der Waals surface area contributed by atoms with Crippen molar-refractivity contribution in [2.45, 2.75) is 17.3 Å². The van der Waals surface area contributed by atoms with E-state index < -0.39 is 0 Å². The van der Waals surface area contributed by atoms with Crippen LogP contribution in [0.3, 0.4) is 0 Å². The van der Waals surface area contributed by atoms with Crippen molar-refractivity contribution in [3.63, 3.8) is 0 Å². The first-order chi connectivity index (χ1) is 11.7. The van der Waals surface area contributed by atoms with E-state index in [1.54, 1.807) is 30.1 Å². The van der Waals surface area contributed by atoms with E-state index in [2.05, 4.69) is 20.5 Å². The van der Waals surface area contributed by atoms with E-state index in [9.17, 15) is 4.79 Å². The lowest BCUT2D eigenvalue weighted by molar-refractivity contribution is 0.0926. The maximum absolute atomic E-state index is 11.8. The second-order valence-corrected chi connectivity index (χ2v) is 5.99. The summed E-state index contributed by atoms with van der Waals surface area (Å²) in [6.45, 7) is 0.469. The lowest BCUT2D eigenvalue weighted by Gasteiger charge is -2.05. The first-order valence-electron chi connectivity index (χ1n) is 7.46. The van der Waals surface area contributed by atoms with Gasteiger partial charge in [-0.15, -0.1) is 10.2 Å². The maximum Gasteiger partial charge on any atom is 0.286 e. The minimum Gasteiger partial charge on any atom is -0.459 e. The Balaban J connectivity index is 1.50. The molecule has 3 heterocycles. The Hall–Kier alpha value is -2.61. The Kier molecular flexibility index (Phi) is 5.27. The first-order valence-corrected chi connectivity index (χ1v) is 8.45. The van der Waals surface area contributed by atoms with Crippen molar-refractivity contribution in [2.24, 2.45) is 7.05 Å². The van der Waals surface area contributed by atoms with Gasteiger partial charge in [-0.05, 0) is 24.3 Å². The summed E-state index contributed by atoms with van der Waals surface area (Å²) in [4.78, 5) is 16.1. The number of hydrogen-bond acceptors (Lipinski definition) is 6. The van der Waals surface area contributed by atoms with Gasteiger partial charge in [0.1, 0.15) is 5.82 Å². The van der Waals surface area contributed by atoms with E-state index in [0.717, 1.165) is 22.4 Å². The molecule has 0 unspecified atom stereocenters. The topological polar surface area (TPSA) is 85.8 Å². The predicted molar refractivity (Wildman–Crippen MR) is 89.5 cm³/mol. The highest BCUT2D eigenvalue weighted by Gasteiger charge is 2.11.